The van der Waals surface area contributed by atoms with E-state index in [9.17, 15) is 4.79 Å². The van der Waals surface area contributed by atoms with Crippen molar-refractivity contribution in [1.82, 2.24) is 15.5 Å². The van der Waals surface area contributed by atoms with E-state index in [2.05, 4.69) is 27.8 Å². The molecule has 0 saturated heterocycles. The average Bonchev–Trinajstić information content (AvgIpc) is 2.84. The molecule has 1 heterocycles. The quantitative estimate of drug-likeness (QED) is 0.290. The molecule has 1 amide bonds. The molecule has 180 valence electrons. The predicted octanol–water partition coefficient (Wildman–Crippen LogP) is 2.97. The van der Waals surface area contributed by atoms with Gasteiger partial charge in [-0.15, -0.1) is 24.0 Å². The van der Waals surface area contributed by atoms with Crippen molar-refractivity contribution in [3.63, 3.8) is 0 Å². The summed E-state index contributed by atoms with van der Waals surface area (Å²) in [6, 6.07) is 12.0. The predicted molar refractivity (Wildman–Crippen MR) is 140 cm³/mol. The van der Waals surface area contributed by atoms with Crippen molar-refractivity contribution >= 4 is 35.8 Å². The minimum Gasteiger partial charge on any atom is -0.493 e. The van der Waals surface area contributed by atoms with E-state index in [1.807, 2.05) is 36.1 Å². The molecule has 0 atom stereocenters. The number of nitrogens with zero attached hydrogens (tertiary/aromatic N) is 2. The first-order valence-corrected chi connectivity index (χ1v) is 10.7. The fourth-order valence-corrected chi connectivity index (χ4v) is 3.72. The van der Waals surface area contributed by atoms with Crippen molar-refractivity contribution in [3.8, 4) is 17.2 Å². The van der Waals surface area contributed by atoms with Gasteiger partial charge in [0.2, 0.25) is 11.7 Å². The van der Waals surface area contributed by atoms with Crippen molar-refractivity contribution < 1.29 is 19.0 Å². The molecular weight excluding hydrogens is 535 g/mol. The summed E-state index contributed by atoms with van der Waals surface area (Å²) < 4.78 is 16.2. The van der Waals surface area contributed by atoms with Crippen molar-refractivity contribution in [2.24, 2.45) is 4.99 Å². The fourth-order valence-electron chi connectivity index (χ4n) is 3.72. The molecule has 0 unspecified atom stereocenters. The molecule has 0 aromatic heterocycles. The van der Waals surface area contributed by atoms with Gasteiger partial charge < -0.3 is 29.7 Å². The zero-order valence-electron chi connectivity index (χ0n) is 19.6. The molecule has 2 aromatic rings. The summed E-state index contributed by atoms with van der Waals surface area (Å²) in [6.07, 6.45) is 0.886. The average molecular weight is 568 g/mol. The number of aliphatic imine (C=N–C) groups is 1. The van der Waals surface area contributed by atoms with Gasteiger partial charge in [0.15, 0.2) is 17.5 Å². The molecule has 0 fully saturated rings. The smallest absolute Gasteiger partial charge is 0.242 e. The van der Waals surface area contributed by atoms with Gasteiger partial charge in [0.1, 0.15) is 0 Å². The lowest BCUT2D eigenvalue weighted by molar-refractivity contribution is -0.130. The Morgan fingerprint density at radius 2 is 1.70 bits per heavy atom. The summed E-state index contributed by atoms with van der Waals surface area (Å²) in [5.74, 6) is 2.33. The second-order valence-electron chi connectivity index (χ2n) is 7.42. The van der Waals surface area contributed by atoms with Crippen LogP contribution in [0.5, 0.6) is 17.2 Å². The van der Waals surface area contributed by atoms with E-state index in [-0.39, 0.29) is 36.4 Å². The number of guanidine groups is 1. The molecule has 8 nitrogen and oxygen atoms in total. The van der Waals surface area contributed by atoms with Crippen LogP contribution in [0.15, 0.2) is 41.4 Å². The summed E-state index contributed by atoms with van der Waals surface area (Å²) in [6.45, 7) is 4.62. The van der Waals surface area contributed by atoms with Crippen LogP contribution < -0.4 is 24.8 Å². The Hall–Kier alpha value is -2.69. The Balaban J connectivity index is 0.00000385. The van der Waals surface area contributed by atoms with Gasteiger partial charge in [-0.1, -0.05) is 24.3 Å². The summed E-state index contributed by atoms with van der Waals surface area (Å²) >= 11 is 0. The molecule has 0 bridgehead atoms. The van der Waals surface area contributed by atoms with Crippen molar-refractivity contribution in [1.29, 1.82) is 0 Å². The third-order valence-corrected chi connectivity index (χ3v) is 5.38. The molecule has 2 aromatic carbocycles. The molecule has 0 saturated carbocycles. The molecule has 0 radical (unpaired) electrons. The number of hydrogen-bond acceptors (Lipinski definition) is 5. The minimum absolute atomic E-state index is 0. The van der Waals surface area contributed by atoms with Crippen LogP contribution in [-0.2, 0) is 24.3 Å². The number of rotatable bonds is 8. The van der Waals surface area contributed by atoms with Gasteiger partial charge in [-0.25, -0.2) is 4.99 Å². The number of carbonyl (C=O) groups excluding carboxylic acids is 1. The van der Waals surface area contributed by atoms with E-state index < -0.39 is 0 Å². The molecule has 9 heteroatoms. The summed E-state index contributed by atoms with van der Waals surface area (Å²) in [5, 5.41) is 6.34. The van der Waals surface area contributed by atoms with Crippen molar-refractivity contribution in [2.75, 3.05) is 41.0 Å². The fraction of sp³-hybridized carbons (Fsp3) is 0.417. The molecule has 1 aliphatic rings. The zero-order valence-corrected chi connectivity index (χ0v) is 22.0. The van der Waals surface area contributed by atoms with Gasteiger partial charge in [-0.3, -0.25) is 4.79 Å². The number of hydrogen-bond donors (Lipinski definition) is 2. The molecule has 3 rings (SSSR count). The molecule has 1 aliphatic heterocycles. The number of carbonyl (C=O) groups is 1. The van der Waals surface area contributed by atoms with E-state index in [0.29, 0.717) is 42.8 Å². The number of halogens is 1. The first-order valence-electron chi connectivity index (χ1n) is 10.7. The van der Waals surface area contributed by atoms with Crippen LogP contribution in [0.2, 0.25) is 0 Å². The lowest BCUT2D eigenvalue weighted by Crippen LogP contribution is -2.45. The van der Waals surface area contributed by atoms with E-state index in [4.69, 9.17) is 14.2 Å². The van der Waals surface area contributed by atoms with Crippen LogP contribution in [0.1, 0.15) is 23.6 Å². The molecular formula is C24H33IN4O4. The number of nitrogens with one attached hydrogen (secondary N) is 2. The number of benzene rings is 2. The largest absolute Gasteiger partial charge is 0.493 e. The van der Waals surface area contributed by atoms with Crippen LogP contribution in [-0.4, -0.2) is 57.7 Å². The number of methoxy groups -OCH3 is 3. The highest BCUT2D eigenvalue weighted by atomic mass is 127. The van der Waals surface area contributed by atoms with Crippen LogP contribution >= 0.6 is 24.0 Å². The highest BCUT2D eigenvalue weighted by Gasteiger charge is 2.20. The first kappa shape index (κ1) is 26.6. The maximum Gasteiger partial charge on any atom is 0.242 e. The van der Waals surface area contributed by atoms with Crippen LogP contribution in [0, 0.1) is 0 Å². The van der Waals surface area contributed by atoms with Crippen LogP contribution in [0.25, 0.3) is 0 Å². The third-order valence-electron chi connectivity index (χ3n) is 5.38. The highest BCUT2D eigenvalue weighted by Crippen LogP contribution is 2.38. The Labute approximate surface area is 212 Å². The number of fused-ring (bicyclic) bond motifs is 1. The normalized spacial score (nSPS) is 12.8. The van der Waals surface area contributed by atoms with Crippen LogP contribution in [0.4, 0.5) is 0 Å². The first-order chi connectivity index (χ1) is 15.6. The maximum absolute atomic E-state index is 12.8. The standard InChI is InChI=1S/C24H32N4O4.HI/c1-5-25-24(26-14-17-12-20(30-2)23(32-4)21(13-17)31-3)27-15-22(29)28-11-10-18-8-6-7-9-19(18)16-28;/h6-9,12-13H,5,10-11,14-16H2,1-4H3,(H2,25,26,27);1H. The van der Waals surface area contributed by atoms with Gasteiger partial charge >= 0.3 is 0 Å². The Morgan fingerprint density at radius 3 is 2.30 bits per heavy atom. The lowest BCUT2D eigenvalue weighted by atomic mass is 10.00. The number of ether oxygens (including phenoxy) is 3. The van der Waals surface area contributed by atoms with E-state index in [1.54, 1.807) is 21.3 Å². The van der Waals surface area contributed by atoms with Gasteiger partial charge in [0.05, 0.1) is 34.4 Å². The third kappa shape index (κ3) is 6.89. The van der Waals surface area contributed by atoms with Crippen molar-refractivity contribution in [3.05, 3.63) is 53.1 Å². The molecule has 0 spiro atoms. The minimum atomic E-state index is 0. The van der Waals surface area contributed by atoms with Gasteiger partial charge in [-0.05, 0) is 42.2 Å². The van der Waals surface area contributed by atoms with Crippen molar-refractivity contribution in [2.45, 2.75) is 26.4 Å². The molecule has 33 heavy (non-hydrogen) atoms. The van der Waals surface area contributed by atoms with Gasteiger partial charge in [-0.2, -0.15) is 0 Å². The lowest BCUT2D eigenvalue weighted by Gasteiger charge is -2.29. The summed E-state index contributed by atoms with van der Waals surface area (Å²) in [4.78, 5) is 19.3. The van der Waals surface area contributed by atoms with E-state index in [0.717, 1.165) is 18.5 Å². The van der Waals surface area contributed by atoms with Gasteiger partial charge in [0, 0.05) is 19.6 Å². The summed E-state index contributed by atoms with van der Waals surface area (Å²) in [5.41, 5.74) is 3.44. The number of amides is 1. The second-order valence-corrected chi connectivity index (χ2v) is 7.42. The summed E-state index contributed by atoms with van der Waals surface area (Å²) in [7, 11) is 4.74. The monoisotopic (exact) mass is 568 g/mol. The topological polar surface area (TPSA) is 84.4 Å². The maximum atomic E-state index is 12.8. The SMILES string of the molecule is CCNC(=NCc1cc(OC)c(OC)c(OC)c1)NCC(=O)N1CCc2ccccc2C1.I. The highest BCUT2D eigenvalue weighted by molar-refractivity contribution is 14.0. The Kier molecular flexibility index (Phi) is 10.6. The van der Waals surface area contributed by atoms with E-state index in [1.165, 1.54) is 11.1 Å². The van der Waals surface area contributed by atoms with Crippen LogP contribution in [0.3, 0.4) is 0 Å². The van der Waals surface area contributed by atoms with Gasteiger partial charge in [0.25, 0.3) is 0 Å². The second kappa shape index (κ2) is 13.1. The molecule has 2 N–H and O–H groups in total. The molecule has 0 aliphatic carbocycles. The Morgan fingerprint density at radius 1 is 1.03 bits per heavy atom. The Bertz CT molecular complexity index is 942. The zero-order chi connectivity index (χ0) is 22.9. The van der Waals surface area contributed by atoms with E-state index >= 15 is 0 Å².